The van der Waals surface area contributed by atoms with Gasteiger partial charge in [-0.3, -0.25) is 13.9 Å². The van der Waals surface area contributed by atoms with Crippen molar-refractivity contribution in [2.75, 3.05) is 24.2 Å². The molecule has 8 nitrogen and oxygen atoms in total. The Bertz CT molecular complexity index is 1110. The van der Waals surface area contributed by atoms with Crippen molar-refractivity contribution in [3.63, 3.8) is 0 Å². The molecule has 34 heavy (non-hydrogen) atoms. The van der Waals surface area contributed by atoms with E-state index in [9.17, 15) is 22.4 Å². The monoisotopic (exact) mass is 493 g/mol. The molecule has 0 aliphatic carbocycles. The van der Waals surface area contributed by atoms with E-state index in [1.807, 2.05) is 13.8 Å². The number of anilines is 1. The molecule has 0 saturated heterocycles. The van der Waals surface area contributed by atoms with Crippen molar-refractivity contribution >= 4 is 27.5 Å². The van der Waals surface area contributed by atoms with Crippen LogP contribution >= 0.6 is 0 Å². The number of carbonyl (C=O) groups excluding carboxylic acids is 2. The van der Waals surface area contributed by atoms with Gasteiger partial charge in [0.2, 0.25) is 21.8 Å². The summed E-state index contributed by atoms with van der Waals surface area (Å²) in [5.74, 6) is -1.22. The van der Waals surface area contributed by atoms with Gasteiger partial charge in [-0.2, -0.15) is 0 Å². The van der Waals surface area contributed by atoms with Crippen LogP contribution in [-0.4, -0.2) is 57.1 Å². The van der Waals surface area contributed by atoms with Crippen LogP contribution in [0.2, 0.25) is 0 Å². The molecule has 186 valence electrons. The number of hydrogen-bond acceptors (Lipinski definition) is 5. The van der Waals surface area contributed by atoms with Gasteiger partial charge < -0.3 is 15.0 Å². The van der Waals surface area contributed by atoms with Crippen LogP contribution in [0.15, 0.2) is 48.5 Å². The van der Waals surface area contributed by atoms with E-state index in [0.717, 1.165) is 12.3 Å². The third-order valence-electron chi connectivity index (χ3n) is 5.46. The van der Waals surface area contributed by atoms with E-state index in [1.165, 1.54) is 30.2 Å². The second-order valence-corrected chi connectivity index (χ2v) is 9.99. The molecule has 0 unspecified atom stereocenters. The second kappa shape index (κ2) is 11.8. The Balaban J connectivity index is 2.41. The first-order valence-electron chi connectivity index (χ1n) is 10.9. The predicted octanol–water partition coefficient (Wildman–Crippen LogP) is 2.93. The number of nitrogens with zero attached hydrogens (tertiary/aromatic N) is 2. The van der Waals surface area contributed by atoms with Crippen molar-refractivity contribution in [1.82, 2.24) is 10.2 Å². The highest BCUT2D eigenvalue weighted by molar-refractivity contribution is 7.92. The zero-order valence-electron chi connectivity index (χ0n) is 20.1. The second-order valence-electron chi connectivity index (χ2n) is 8.09. The van der Waals surface area contributed by atoms with Gasteiger partial charge in [-0.25, -0.2) is 12.8 Å². The highest BCUT2D eigenvalue weighted by atomic mass is 32.2. The van der Waals surface area contributed by atoms with Gasteiger partial charge in [0.25, 0.3) is 0 Å². The molecule has 0 bridgehead atoms. The van der Waals surface area contributed by atoms with Gasteiger partial charge in [0.15, 0.2) is 0 Å². The number of ether oxygens (including phenoxy) is 1. The number of benzene rings is 2. The Morgan fingerprint density at radius 1 is 1.12 bits per heavy atom. The SMILES string of the molecule is CC[C@@H](C)NC(=O)[C@H](C)N(Cc1cccc(OC)c1)C(=O)CN(c1ccccc1F)S(C)(=O)=O. The summed E-state index contributed by atoms with van der Waals surface area (Å²) in [7, 11) is -2.48. The van der Waals surface area contributed by atoms with E-state index in [4.69, 9.17) is 4.74 Å². The van der Waals surface area contributed by atoms with E-state index in [1.54, 1.807) is 31.2 Å². The fourth-order valence-electron chi connectivity index (χ4n) is 3.26. The maximum atomic E-state index is 14.4. The summed E-state index contributed by atoms with van der Waals surface area (Å²) >= 11 is 0. The average Bonchev–Trinajstić information content (AvgIpc) is 2.80. The minimum atomic E-state index is -4.00. The molecule has 2 aromatic carbocycles. The summed E-state index contributed by atoms with van der Waals surface area (Å²) in [6, 6.07) is 11.3. The number of nitrogens with one attached hydrogen (secondary N) is 1. The molecular weight excluding hydrogens is 461 g/mol. The number of methoxy groups -OCH3 is 1. The number of hydrogen-bond donors (Lipinski definition) is 1. The maximum Gasteiger partial charge on any atom is 0.244 e. The molecule has 0 spiro atoms. The van der Waals surface area contributed by atoms with Crippen molar-refractivity contribution < 1.29 is 27.1 Å². The van der Waals surface area contributed by atoms with Crippen LogP contribution in [0.3, 0.4) is 0 Å². The fourth-order valence-corrected chi connectivity index (χ4v) is 4.11. The molecule has 2 rings (SSSR count). The normalized spacial score (nSPS) is 13.0. The summed E-state index contributed by atoms with van der Waals surface area (Å²) < 4.78 is 45.3. The summed E-state index contributed by atoms with van der Waals surface area (Å²) in [5.41, 5.74) is 0.448. The first-order valence-corrected chi connectivity index (χ1v) is 12.8. The number of halogens is 1. The van der Waals surface area contributed by atoms with Crippen LogP contribution in [0.4, 0.5) is 10.1 Å². The van der Waals surface area contributed by atoms with Crippen molar-refractivity contribution in [1.29, 1.82) is 0 Å². The van der Waals surface area contributed by atoms with Crippen LogP contribution in [0, 0.1) is 5.82 Å². The molecule has 0 fully saturated rings. The van der Waals surface area contributed by atoms with Gasteiger partial charge in [0.05, 0.1) is 19.1 Å². The van der Waals surface area contributed by atoms with Crippen LogP contribution in [0.5, 0.6) is 5.75 Å². The standard InChI is InChI=1S/C24H32FN3O5S/c1-6-17(2)26-24(30)18(3)27(15-19-10-9-11-20(14-19)33-4)23(29)16-28(34(5,31)32)22-13-8-7-12-21(22)25/h7-14,17-18H,6,15-16H2,1-5H3,(H,26,30)/t17-,18+/m1/s1. The summed E-state index contributed by atoms with van der Waals surface area (Å²) in [6.45, 7) is 4.71. The van der Waals surface area contributed by atoms with Crippen LogP contribution in [0.1, 0.15) is 32.8 Å². The van der Waals surface area contributed by atoms with Crippen LogP contribution in [-0.2, 0) is 26.2 Å². The molecule has 0 aliphatic heterocycles. The topological polar surface area (TPSA) is 96.0 Å². The summed E-state index contributed by atoms with van der Waals surface area (Å²) in [6.07, 6.45) is 1.61. The molecule has 2 atom stereocenters. The first kappa shape index (κ1) is 27.1. The number of sulfonamides is 1. The van der Waals surface area contributed by atoms with Gasteiger partial charge in [0, 0.05) is 12.6 Å². The lowest BCUT2D eigenvalue weighted by Crippen LogP contribution is -2.52. The van der Waals surface area contributed by atoms with E-state index in [0.29, 0.717) is 22.0 Å². The van der Waals surface area contributed by atoms with Gasteiger partial charge in [-0.1, -0.05) is 31.2 Å². The largest absolute Gasteiger partial charge is 0.497 e. The Hall–Kier alpha value is -3.14. The number of carbonyl (C=O) groups is 2. The quantitative estimate of drug-likeness (QED) is 0.519. The van der Waals surface area contributed by atoms with Crippen molar-refractivity contribution in [3.8, 4) is 5.75 Å². The highest BCUT2D eigenvalue weighted by Crippen LogP contribution is 2.22. The summed E-state index contributed by atoms with van der Waals surface area (Å²) in [4.78, 5) is 27.6. The molecule has 0 aliphatic rings. The van der Waals surface area contributed by atoms with Gasteiger partial charge in [0.1, 0.15) is 24.2 Å². The van der Waals surface area contributed by atoms with Crippen molar-refractivity contribution in [2.24, 2.45) is 0 Å². The van der Waals surface area contributed by atoms with E-state index in [2.05, 4.69) is 5.32 Å². The third kappa shape index (κ3) is 7.18. The zero-order valence-corrected chi connectivity index (χ0v) is 20.9. The minimum absolute atomic E-state index is 0.0278. The molecule has 2 aromatic rings. The molecule has 0 heterocycles. The lowest BCUT2D eigenvalue weighted by molar-refractivity contribution is -0.139. The predicted molar refractivity (Wildman–Crippen MR) is 129 cm³/mol. The smallest absolute Gasteiger partial charge is 0.244 e. The fraction of sp³-hybridized carbons (Fsp3) is 0.417. The van der Waals surface area contributed by atoms with Gasteiger partial charge in [-0.15, -0.1) is 0 Å². The van der Waals surface area contributed by atoms with E-state index in [-0.39, 0.29) is 24.2 Å². The van der Waals surface area contributed by atoms with Crippen molar-refractivity contribution in [3.05, 3.63) is 59.9 Å². The molecule has 10 heteroatoms. The molecule has 0 radical (unpaired) electrons. The van der Waals surface area contributed by atoms with Crippen molar-refractivity contribution in [2.45, 2.75) is 45.8 Å². The maximum absolute atomic E-state index is 14.4. The first-order chi connectivity index (χ1) is 16.0. The van der Waals surface area contributed by atoms with Crippen LogP contribution < -0.4 is 14.4 Å². The van der Waals surface area contributed by atoms with Crippen LogP contribution in [0.25, 0.3) is 0 Å². The number of rotatable bonds is 11. The Morgan fingerprint density at radius 3 is 2.38 bits per heavy atom. The Kier molecular flexibility index (Phi) is 9.43. The molecule has 2 amide bonds. The zero-order chi connectivity index (χ0) is 25.5. The molecular formula is C24H32FN3O5S. The third-order valence-corrected chi connectivity index (χ3v) is 6.58. The highest BCUT2D eigenvalue weighted by Gasteiger charge is 2.31. The minimum Gasteiger partial charge on any atom is -0.497 e. The van der Waals surface area contributed by atoms with Gasteiger partial charge in [-0.05, 0) is 50.1 Å². The Labute approximate surface area is 200 Å². The number of para-hydroxylation sites is 1. The van der Waals surface area contributed by atoms with Gasteiger partial charge >= 0.3 is 0 Å². The molecule has 0 saturated carbocycles. The summed E-state index contributed by atoms with van der Waals surface area (Å²) in [5, 5.41) is 2.85. The lowest BCUT2D eigenvalue weighted by Gasteiger charge is -2.32. The number of amides is 2. The van der Waals surface area contributed by atoms with E-state index < -0.39 is 34.3 Å². The Morgan fingerprint density at radius 2 is 1.79 bits per heavy atom. The molecule has 1 N–H and O–H groups in total. The van der Waals surface area contributed by atoms with E-state index >= 15 is 0 Å². The average molecular weight is 494 g/mol. The lowest BCUT2D eigenvalue weighted by atomic mass is 10.1. The molecule has 0 aromatic heterocycles.